The molecule has 0 unspecified atom stereocenters. The summed E-state index contributed by atoms with van der Waals surface area (Å²) in [5.41, 5.74) is 1.26. The summed E-state index contributed by atoms with van der Waals surface area (Å²) in [7, 11) is 0. The summed E-state index contributed by atoms with van der Waals surface area (Å²) in [6, 6.07) is 17.3. The zero-order valence-corrected chi connectivity index (χ0v) is 32.3. The number of piperidine rings is 1. The van der Waals surface area contributed by atoms with E-state index in [1.54, 1.807) is 27.8 Å². The number of aromatic nitrogens is 4. The largest absolute Gasteiger partial charge is 0.478 e. The Hall–Kier alpha value is -5.31. The van der Waals surface area contributed by atoms with Crippen LogP contribution in [0.5, 0.6) is 5.88 Å². The van der Waals surface area contributed by atoms with Crippen LogP contribution in [0.1, 0.15) is 85.0 Å². The minimum Gasteiger partial charge on any atom is -0.478 e. The summed E-state index contributed by atoms with van der Waals surface area (Å²) < 4.78 is 56.5. The molecule has 1 N–H and O–H groups in total. The van der Waals surface area contributed by atoms with Gasteiger partial charge in [0.15, 0.2) is 0 Å². The first-order valence-electron chi connectivity index (χ1n) is 20.3. The Morgan fingerprint density at radius 2 is 1.74 bits per heavy atom. The van der Waals surface area contributed by atoms with Gasteiger partial charge in [0.05, 0.1) is 43.3 Å². The molecule has 4 aliphatic rings. The minimum atomic E-state index is -4.67. The molecular weight excluding hydrogens is 752 g/mol. The van der Waals surface area contributed by atoms with Crippen molar-refractivity contribution in [3.8, 4) is 17.1 Å². The molecule has 4 atom stereocenters. The molecule has 0 radical (unpaired) electrons. The molecule has 2 saturated heterocycles. The molecule has 2 aromatic carbocycles. The standard InChI is InChI=1S/C43H48F3N7O5/c44-43(45,46)33-20-37-30-10-7-11-31(18-30)41(55)53-26-36(58-27-35-25-52(50-49-35)23-28-8-3-1-4-9-28)22-38(53)42(56)51-16-14-29(19-39(54)47-34-12-5-2-6-13-34)32(24-51)15-17-57-40(21-33)48-37/h1,3-4,7-11,18,20-21,25,29,32,34,36,38H,2,5-6,12-17,19,22-24,26-27H2,(H,47,54)/t29-,32-,36+,38-/m0/s1. The number of pyridine rings is 1. The molecule has 58 heavy (non-hydrogen) atoms. The lowest BCUT2D eigenvalue weighted by Crippen LogP contribution is -2.52. The maximum absolute atomic E-state index is 14.6. The van der Waals surface area contributed by atoms with Crippen LogP contribution in [-0.4, -0.2) is 91.9 Å². The van der Waals surface area contributed by atoms with Crippen molar-refractivity contribution in [2.24, 2.45) is 11.8 Å². The number of fused-ring (bicyclic) bond motifs is 8. The van der Waals surface area contributed by atoms with Crippen molar-refractivity contribution in [3.63, 3.8) is 0 Å². The van der Waals surface area contributed by atoms with Gasteiger partial charge in [-0.15, -0.1) is 5.10 Å². The van der Waals surface area contributed by atoms with Crippen LogP contribution in [-0.2, 0) is 33.7 Å². The van der Waals surface area contributed by atoms with Gasteiger partial charge in [0, 0.05) is 55.7 Å². The summed E-state index contributed by atoms with van der Waals surface area (Å²) in [6.45, 7) is 1.55. The van der Waals surface area contributed by atoms with Gasteiger partial charge in [-0.05, 0) is 61.3 Å². The highest BCUT2D eigenvalue weighted by Gasteiger charge is 2.44. The van der Waals surface area contributed by atoms with Crippen LogP contribution in [0, 0.1) is 11.8 Å². The number of hydrogen-bond donors (Lipinski definition) is 1. The molecule has 3 fully saturated rings. The lowest BCUT2D eigenvalue weighted by Gasteiger charge is -2.40. The number of nitrogens with one attached hydrogen (secondary N) is 1. The second-order valence-electron chi connectivity index (χ2n) is 16.0. The molecular formula is C43H48F3N7O5. The number of rotatable bonds is 8. The maximum Gasteiger partial charge on any atom is 0.416 e. The second-order valence-corrected chi connectivity index (χ2v) is 16.0. The van der Waals surface area contributed by atoms with Crippen molar-refractivity contribution in [3.05, 3.63) is 95.3 Å². The van der Waals surface area contributed by atoms with Crippen molar-refractivity contribution in [2.75, 3.05) is 26.2 Å². The van der Waals surface area contributed by atoms with E-state index in [1.807, 2.05) is 36.5 Å². The fourth-order valence-corrected chi connectivity index (χ4v) is 8.87. The van der Waals surface area contributed by atoms with E-state index in [0.717, 1.165) is 43.4 Å². The number of amides is 3. The Kier molecular flexibility index (Phi) is 11.8. The first-order chi connectivity index (χ1) is 28.1. The van der Waals surface area contributed by atoms with E-state index in [-0.39, 0.29) is 79.4 Å². The number of benzene rings is 2. The van der Waals surface area contributed by atoms with Crippen LogP contribution < -0.4 is 10.1 Å². The molecule has 2 aromatic heterocycles. The third kappa shape index (κ3) is 9.35. The average molecular weight is 800 g/mol. The van der Waals surface area contributed by atoms with E-state index in [2.05, 4.69) is 20.6 Å². The van der Waals surface area contributed by atoms with E-state index >= 15 is 0 Å². The summed E-state index contributed by atoms with van der Waals surface area (Å²) in [5, 5.41) is 11.7. The lowest BCUT2D eigenvalue weighted by molar-refractivity contribution is -0.139. The third-order valence-corrected chi connectivity index (χ3v) is 11.9. The monoisotopic (exact) mass is 799 g/mol. The number of alkyl halides is 3. The molecule has 3 aliphatic heterocycles. The topological polar surface area (TPSA) is 132 Å². The number of halogens is 3. The molecule has 6 bridgehead atoms. The number of nitrogens with zero attached hydrogens (tertiary/aromatic N) is 6. The first-order valence-corrected chi connectivity index (χ1v) is 20.3. The predicted octanol–water partition coefficient (Wildman–Crippen LogP) is 6.29. The van der Waals surface area contributed by atoms with Gasteiger partial charge in [0.2, 0.25) is 17.7 Å². The van der Waals surface area contributed by atoms with E-state index in [4.69, 9.17) is 9.47 Å². The van der Waals surface area contributed by atoms with Gasteiger partial charge >= 0.3 is 6.18 Å². The Morgan fingerprint density at radius 3 is 2.55 bits per heavy atom. The normalized spacial score (nSPS) is 23.0. The Balaban J connectivity index is 1.06. The van der Waals surface area contributed by atoms with E-state index in [9.17, 15) is 27.6 Å². The molecule has 3 amide bonds. The van der Waals surface area contributed by atoms with Gasteiger partial charge in [0.25, 0.3) is 5.91 Å². The quantitative estimate of drug-likeness (QED) is 0.220. The van der Waals surface area contributed by atoms with Crippen LogP contribution >= 0.6 is 0 Å². The zero-order valence-electron chi connectivity index (χ0n) is 32.3. The van der Waals surface area contributed by atoms with Gasteiger partial charge in [0.1, 0.15) is 11.7 Å². The Bertz CT molecular complexity index is 2090. The zero-order chi connectivity index (χ0) is 40.2. The van der Waals surface area contributed by atoms with Crippen LogP contribution in [0.15, 0.2) is 72.9 Å². The van der Waals surface area contributed by atoms with Crippen molar-refractivity contribution >= 4 is 17.7 Å². The number of carbonyl (C=O) groups is 3. The van der Waals surface area contributed by atoms with Crippen LogP contribution in [0.4, 0.5) is 13.2 Å². The fraction of sp³-hybridized carbons (Fsp3) is 0.488. The van der Waals surface area contributed by atoms with Gasteiger partial charge in [-0.25, -0.2) is 9.67 Å². The molecule has 1 saturated carbocycles. The highest BCUT2D eigenvalue weighted by atomic mass is 19.4. The van der Waals surface area contributed by atoms with Crippen LogP contribution in [0.2, 0.25) is 0 Å². The molecule has 8 rings (SSSR count). The fourth-order valence-electron chi connectivity index (χ4n) is 8.87. The Labute approximate surface area is 335 Å². The predicted molar refractivity (Wildman–Crippen MR) is 206 cm³/mol. The smallest absolute Gasteiger partial charge is 0.416 e. The van der Waals surface area contributed by atoms with Crippen LogP contribution in [0.25, 0.3) is 11.3 Å². The van der Waals surface area contributed by atoms with E-state index in [1.165, 1.54) is 17.4 Å². The van der Waals surface area contributed by atoms with Gasteiger partial charge in [-0.1, -0.05) is 66.9 Å². The van der Waals surface area contributed by atoms with Crippen molar-refractivity contribution in [2.45, 2.75) is 95.3 Å². The first kappa shape index (κ1) is 39.5. The average Bonchev–Trinajstić information content (AvgIpc) is 3.87. The highest BCUT2D eigenvalue weighted by molar-refractivity contribution is 5.99. The summed E-state index contributed by atoms with van der Waals surface area (Å²) >= 11 is 0. The molecule has 12 nitrogen and oxygen atoms in total. The molecule has 5 heterocycles. The summed E-state index contributed by atoms with van der Waals surface area (Å²) in [4.78, 5) is 50.0. The Morgan fingerprint density at radius 1 is 0.931 bits per heavy atom. The maximum atomic E-state index is 14.6. The van der Waals surface area contributed by atoms with Crippen molar-refractivity contribution in [1.29, 1.82) is 0 Å². The SMILES string of the molecule is O=C(C[C@@H]1CCN2C[C@@H]1CCOc1cc(C(F)(F)F)cc(n1)-c1cccc(c1)C(=O)N1C[C@H](OCc3cn(Cc4ccccc4)nn3)C[C@H]1C2=O)NC1CCCCC1. The molecule has 15 heteroatoms. The van der Waals surface area contributed by atoms with Gasteiger partial charge < -0.3 is 24.6 Å². The third-order valence-electron chi connectivity index (χ3n) is 11.9. The minimum absolute atomic E-state index is 0.00300. The second kappa shape index (κ2) is 17.3. The molecule has 0 spiro atoms. The van der Waals surface area contributed by atoms with Crippen molar-refractivity contribution < 1.29 is 37.0 Å². The molecule has 306 valence electrons. The lowest BCUT2D eigenvalue weighted by atomic mass is 9.80. The van der Waals surface area contributed by atoms with Crippen molar-refractivity contribution in [1.82, 2.24) is 35.1 Å². The van der Waals surface area contributed by atoms with Crippen LogP contribution in [0.3, 0.4) is 0 Å². The van der Waals surface area contributed by atoms with Gasteiger partial charge in [-0.3, -0.25) is 14.4 Å². The molecule has 4 aromatic rings. The molecule has 1 aliphatic carbocycles. The number of ether oxygens (including phenoxy) is 2. The number of hydrogen-bond acceptors (Lipinski definition) is 8. The van der Waals surface area contributed by atoms with Gasteiger partial charge in [-0.2, -0.15) is 13.2 Å². The highest BCUT2D eigenvalue weighted by Crippen LogP contribution is 2.36. The van der Waals surface area contributed by atoms with E-state index < -0.39 is 29.8 Å². The summed E-state index contributed by atoms with van der Waals surface area (Å²) in [5.74, 6) is -1.12. The van der Waals surface area contributed by atoms with E-state index in [0.29, 0.717) is 43.7 Å². The summed E-state index contributed by atoms with van der Waals surface area (Å²) in [6.07, 6.45) is 3.38. The number of carbonyl (C=O) groups excluding carboxylic acids is 3.